The van der Waals surface area contributed by atoms with E-state index in [0.29, 0.717) is 25.7 Å². The van der Waals surface area contributed by atoms with Crippen LogP contribution in [0.5, 0.6) is 0 Å². The Morgan fingerprint density at radius 1 is 1.08 bits per heavy atom. The Labute approximate surface area is 208 Å². The number of nitrogens with zero attached hydrogens (tertiary/aromatic N) is 3. The molecule has 1 aromatic carbocycles. The number of ether oxygens (including phenoxy) is 1. The molecule has 2 spiro atoms. The van der Waals surface area contributed by atoms with Crippen LogP contribution in [0.1, 0.15) is 57.4 Å². The maximum Gasteiger partial charge on any atom is 0.171 e. The molecular weight excluding hydrogens is 466 g/mol. The zero-order valence-corrected chi connectivity index (χ0v) is 21.0. The number of rotatable bonds is 2. The molecule has 36 heavy (non-hydrogen) atoms. The number of allylic oxidation sites excluding steroid dienone is 2. The average Bonchev–Trinajstić information content (AvgIpc) is 3.54. The fourth-order valence-electron chi connectivity index (χ4n) is 8.98. The molecule has 2 saturated heterocycles. The number of fused-ring (bicyclic) bond motifs is 2. The molecule has 7 nitrogen and oxygen atoms in total. The first-order valence-electron chi connectivity index (χ1n) is 13.1. The summed E-state index contributed by atoms with van der Waals surface area (Å²) in [5, 5.41) is 32.9. The van der Waals surface area contributed by atoms with Crippen molar-refractivity contribution in [3.63, 3.8) is 0 Å². The monoisotopic (exact) mass is 500 g/mol. The Balaban J connectivity index is 1.30. The van der Waals surface area contributed by atoms with Gasteiger partial charge in [-0.2, -0.15) is 15.4 Å². The van der Waals surface area contributed by atoms with E-state index in [1.165, 1.54) is 5.57 Å². The third-order valence-corrected chi connectivity index (χ3v) is 10.9. The zero-order chi connectivity index (χ0) is 25.3. The fraction of sp³-hybridized carbons (Fsp3) is 0.704. The summed E-state index contributed by atoms with van der Waals surface area (Å²) >= 11 is 0. The number of likely N-dealkylation sites (N-methyl/N-ethyl adjacent to an activating group) is 1. The number of benzene rings is 1. The second-order valence-electron chi connectivity index (χ2n) is 12.5. The van der Waals surface area contributed by atoms with Crippen molar-refractivity contribution in [2.45, 2.75) is 92.7 Å². The molecule has 3 N–H and O–H groups in total. The quantitative estimate of drug-likeness (QED) is 0.586. The van der Waals surface area contributed by atoms with Crippen LogP contribution < -0.4 is 0 Å². The predicted molar refractivity (Wildman–Crippen MR) is 129 cm³/mol. The lowest BCUT2D eigenvalue weighted by Gasteiger charge is -2.65. The number of aromatic nitrogens is 3. The van der Waals surface area contributed by atoms with E-state index in [0.717, 1.165) is 16.6 Å². The van der Waals surface area contributed by atoms with Crippen LogP contribution in [0.25, 0.3) is 16.6 Å². The van der Waals surface area contributed by atoms with Gasteiger partial charge in [0.1, 0.15) is 34.0 Å². The first-order chi connectivity index (χ1) is 17.0. The molecule has 0 amide bonds. The molecule has 4 fully saturated rings. The third kappa shape index (κ3) is 2.51. The van der Waals surface area contributed by atoms with Crippen LogP contribution in [-0.4, -0.2) is 85.4 Å². The summed E-state index contributed by atoms with van der Waals surface area (Å²) in [4.78, 5) is 1.81. The summed E-state index contributed by atoms with van der Waals surface area (Å²) in [7, 11) is 3.62. The van der Waals surface area contributed by atoms with E-state index < -0.39 is 47.2 Å². The summed E-state index contributed by atoms with van der Waals surface area (Å²) in [5.74, 6) is -0.141. The number of hydrogen-bond acceptors (Lipinski definition) is 6. The Hall–Kier alpha value is -1.94. The van der Waals surface area contributed by atoms with Crippen LogP contribution in [0, 0.1) is 11.3 Å². The van der Waals surface area contributed by atoms with Crippen molar-refractivity contribution in [1.82, 2.24) is 20.3 Å². The number of aliphatic hydroxyl groups is 2. The van der Waals surface area contributed by atoms with Gasteiger partial charge in [0.25, 0.3) is 0 Å². The lowest BCUT2D eigenvalue weighted by Crippen LogP contribution is -2.78. The van der Waals surface area contributed by atoms with Crippen LogP contribution >= 0.6 is 0 Å². The highest BCUT2D eigenvalue weighted by Gasteiger charge is 2.82. The molecule has 0 radical (unpaired) electrons. The number of hydrogen-bond donors (Lipinski definition) is 3. The molecule has 3 aliphatic carbocycles. The van der Waals surface area contributed by atoms with Crippen molar-refractivity contribution in [3.05, 3.63) is 29.8 Å². The molecule has 2 saturated carbocycles. The van der Waals surface area contributed by atoms with Gasteiger partial charge in [0.15, 0.2) is 5.67 Å². The van der Waals surface area contributed by atoms with Crippen molar-refractivity contribution in [2.75, 3.05) is 14.1 Å². The van der Waals surface area contributed by atoms with Gasteiger partial charge >= 0.3 is 0 Å². The Morgan fingerprint density at radius 2 is 1.86 bits per heavy atom. The number of nitrogens with one attached hydrogen (secondary N) is 1. The van der Waals surface area contributed by atoms with Crippen LogP contribution in [0.2, 0.25) is 0 Å². The Morgan fingerprint density at radius 3 is 2.64 bits per heavy atom. The number of aromatic amines is 1. The van der Waals surface area contributed by atoms with Gasteiger partial charge in [-0.05, 0) is 81.3 Å². The smallest absolute Gasteiger partial charge is 0.171 e. The SMILES string of the molecule is CN(C)C1CC23CCC4(O2)C2CC=C(c5ccc6n[nH]nc6c5)C2(C)CCC4(F)CC3(F)C(O)C1O. The van der Waals surface area contributed by atoms with Gasteiger partial charge in [-0.15, -0.1) is 0 Å². The van der Waals surface area contributed by atoms with Gasteiger partial charge in [0.05, 0.1) is 6.10 Å². The van der Waals surface area contributed by atoms with Crippen molar-refractivity contribution in [1.29, 1.82) is 0 Å². The van der Waals surface area contributed by atoms with E-state index in [-0.39, 0.29) is 24.2 Å². The highest BCUT2D eigenvalue weighted by molar-refractivity contribution is 5.82. The van der Waals surface area contributed by atoms with Crippen molar-refractivity contribution >= 4 is 16.6 Å². The Bertz CT molecular complexity index is 1280. The number of aliphatic hydroxyl groups excluding tert-OH is 2. The minimum absolute atomic E-state index is 0.141. The van der Waals surface area contributed by atoms with Gasteiger partial charge < -0.3 is 19.8 Å². The molecule has 2 aromatic rings. The van der Waals surface area contributed by atoms with Crippen LogP contribution in [0.4, 0.5) is 8.78 Å². The first-order valence-corrected chi connectivity index (χ1v) is 13.1. The minimum atomic E-state index is -2.33. The Kier molecular flexibility index (Phi) is 4.46. The molecule has 5 aliphatic rings. The van der Waals surface area contributed by atoms with Gasteiger partial charge in [0, 0.05) is 18.4 Å². The van der Waals surface area contributed by atoms with E-state index in [1.54, 1.807) is 0 Å². The molecule has 2 bridgehead atoms. The second-order valence-corrected chi connectivity index (χ2v) is 12.5. The molecular formula is C27H34F2N4O3. The van der Waals surface area contributed by atoms with Crippen molar-refractivity contribution < 1.29 is 23.7 Å². The maximum atomic E-state index is 17.2. The number of halogens is 2. The van der Waals surface area contributed by atoms with E-state index in [1.807, 2.05) is 37.2 Å². The van der Waals surface area contributed by atoms with Crippen molar-refractivity contribution in [2.24, 2.45) is 11.3 Å². The highest BCUT2D eigenvalue weighted by atomic mass is 19.2. The van der Waals surface area contributed by atoms with Crippen LogP contribution in [0.15, 0.2) is 24.3 Å². The fourth-order valence-corrected chi connectivity index (χ4v) is 8.98. The maximum absolute atomic E-state index is 17.2. The molecule has 9 heteroatoms. The lowest BCUT2D eigenvalue weighted by atomic mass is 9.51. The van der Waals surface area contributed by atoms with Gasteiger partial charge in [-0.25, -0.2) is 8.78 Å². The number of alkyl halides is 2. The van der Waals surface area contributed by atoms with Gasteiger partial charge in [-0.3, -0.25) is 0 Å². The topological polar surface area (TPSA) is 94.5 Å². The normalized spacial score (nSPS) is 49.6. The first kappa shape index (κ1) is 23.2. The summed E-state index contributed by atoms with van der Waals surface area (Å²) < 4.78 is 40.8. The zero-order valence-electron chi connectivity index (χ0n) is 21.0. The molecule has 9 atom stereocenters. The van der Waals surface area contributed by atoms with E-state index >= 15 is 8.78 Å². The largest absolute Gasteiger partial charge is 0.389 e. The molecule has 9 unspecified atom stereocenters. The summed E-state index contributed by atoms with van der Waals surface area (Å²) in [6.45, 7) is 2.20. The van der Waals surface area contributed by atoms with Crippen molar-refractivity contribution in [3.8, 4) is 0 Å². The molecule has 2 aliphatic heterocycles. The highest BCUT2D eigenvalue weighted by Crippen LogP contribution is 2.74. The van der Waals surface area contributed by atoms with Gasteiger partial charge in [0.2, 0.25) is 0 Å². The third-order valence-electron chi connectivity index (χ3n) is 10.9. The average molecular weight is 501 g/mol. The summed E-state index contributed by atoms with van der Waals surface area (Å²) in [5.41, 5.74) is -3.19. The van der Waals surface area contributed by atoms with E-state index in [9.17, 15) is 10.2 Å². The van der Waals surface area contributed by atoms with E-state index in [2.05, 4.69) is 28.4 Å². The van der Waals surface area contributed by atoms with E-state index in [4.69, 9.17) is 4.74 Å². The summed E-state index contributed by atoms with van der Waals surface area (Å²) in [6, 6.07) is 5.55. The molecule has 194 valence electrons. The van der Waals surface area contributed by atoms with Crippen LogP contribution in [-0.2, 0) is 4.74 Å². The number of H-pyrrole nitrogens is 1. The summed E-state index contributed by atoms with van der Waals surface area (Å²) in [6.07, 6.45) is 1.17. The standard InChI is InChI=1S/C27H34F2N4O3/c1-23-8-9-24(28)14-26(29)22(35)21(34)19(33(2)3)13-25(26)10-11-27(24,36-25)20(23)7-5-16(23)15-4-6-17-18(12-15)31-32-30-17/h4-6,12,19-22,34-35H,7-11,13-14H2,1-3H3,(H,30,31,32). The van der Waals surface area contributed by atoms with Crippen LogP contribution in [0.3, 0.4) is 0 Å². The molecule has 3 heterocycles. The molecule has 7 rings (SSSR count). The predicted octanol–water partition coefficient (Wildman–Crippen LogP) is 3.33. The lowest BCUT2D eigenvalue weighted by molar-refractivity contribution is -0.347. The van der Waals surface area contributed by atoms with Gasteiger partial charge in [-0.1, -0.05) is 19.1 Å². The minimum Gasteiger partial charge on any atom is -0.389 e. The molecule has 1 aromatic heterocycles. The second kappa shape index (κ2) is 6.92.